The molecule has 0 saturated heterocycles. The molecule has 5 heteroatoms. The fourth-order valence-corrected chi connectivity index (χ4v) is 2.53. The molecule has 0 aliphatic carbocycles. The van der Waals surface area contributed by atoms with E-state index in [0.29, 0.717) is 6.61 Å². The third-order valence-electron chi connectivity index (χ3n) is 2.73. The molecule has 0 bridgehead atoms. The average molecular weight is 324 g/mol. The zero-order valence-corrected chi connectivity index (χ0v) is 12.1. The molecule has 0 unspecified atom stereocenters. The van der Waals surface area contributed by atoms with Gasteiger partial charge in [0.25, 0.3) is 0 Å². The summed E-state index contributed by atoms with van der Waals surface area (Å²) in [4.78, 5) is 23.1. The van der Waals surface area contributed by atoms with Crippen LogP contribution in [0.2, 0.25) is 0 Å². The maximum absolute atomic E-state index is 11.8. The molecule has 1 heterocycles. The molecule has 0 aliphatic heterocycles. The van der Waals surface area contributed by atoms with Gasteiger partial charge in [0.2, 0.25) is 0 Å². The minimum atomic E-state index is -0.469. The average Bonchev–Trinajstić information content (AvgIpc) is 2.67. The number of benzene rings is 1. The molecular formula is C14H14BrNO3. The van der Waals surface area contributed by atoms with Crippen molar-refractivity contribution in [1.82, 2.24) is 4.57 Å². The summed E-state index contributed by atoms with van der Waals surface area (Å²) >= 11 is 3.46. The number of Topliss-reactive ketones (excluding diaryl/α,β-unsaturated/α-hetero) is 1. The molecule has 0 radical (unpaired) electrons. The number of para-hydroxylation sites is 1. The summed E-state index contributed by atoms with van der Waals surface area (Å²) < 4.78 is 7.54. The maximum Gasteiger partial charge on any atom is 0.313 e. The summed E-state index contributed by atoms with van der Waals surface area (Å²) in [5.41, 5.74) is 0.964. The monoisotopic (exact) mass is 323 g/mol. The Labute approximate surface area is 119 Å². The second kappa shape index (κ2) is 6.02. The van der Waals surface area contributed by atoms with Crippen molar-refractivity contribution in [2.24, 2.45) is 0 Å². The molecule has 19 heavy (non-hydrogen) atoms. The highest BCUT2D eigenvalue weighted by Crippen LogP contribution is 2.25. The number of hydrogen-bond acceptors (Lipinski definition) is 3. The second-order valence-corrected chi connectivity index (χ2v) is 5.00. The Kier molecular flexibility index (Phi) is 4.37. The lowest BCUT2D eigenvalue weighted by molar-refractivity contribution is -0.145. The number of halogens is 1. The van der Waals surface area contributed by atoms with Gasteiger partial charge in [-0.05, 0) is 28.9 Å². The minimum Gasteiger partial charge on any atom is -0.466 e. The van der Waals surface area contributed by atoms with E-state index in [9.17, 15) is 9.59 Å². The van der Waals surface area contributed by atoms with Gasteiger partial charge in [0.05, 0.1) is 13.2 Å². The van der Waals surface area contributed by atoms with E-state index in [4.69, 9.17) is 4.74 Å². The van der Waals surface area contributed by atoms with Crippen LogP contribution in [0, 0.1) is 0 Å². The quantitative estimate of drug-likeness (QED) is 0.628. The Hall–Kier alpha value is -1.62. The first kappa shape index (κ1) is 13.8. The van der Waals surface area contributed by atoms with Crippen LogP contribution in [0.3, 0.4) is 0 Å². The third-order valence-corrected chi connectivity index (χ3v) is 3.37. The Balaban J connectivity index is 2.13. The van der Waals surface area contributed by atoms with Crippen LogP contribution in [0.5, 0.6) is 0 Å². The van der Waals surface area contributed by atoms with Gasteiger partial charge in [-0.1, -0.05) is 18.2 Å². The van der Waals surface area contributed by atoms with Crippen molar-refractivity contribution < 1.29 is 14.3 Å². The van der Waals surface area contributed by atoms with E-state index in [0.717, 1.165) is 15.4 Å². The predicted molar refractivity (Wildman–Crippen MR) is 75.9 cm³/mol. The number of carbonyl (C=O) groups excluding carboxylic acids is 2. The van der Waals surface area contributed by atoms with Crippen molar-refractivity contribution >= 4 is 38.6 Å². The minimum absolute atomic E-state index is 0.160. The summed E-state index contributed by atoms with van der Waals surface area (Å²) in [5.74, 6) is -0.630. The lowest BCUT2D eigenvalue weighted by Gasteiger charge is -2.04. The molecule has 4 nitrogen and oxygen atoms in total. The molecule has 2 aromatic rings. The van der Waals surface area contributed by atoms with Crippen molar-refractivity contribution in [1.29, 1.82) is 0 Å². The number of nitrogens with zero attached hydrogens (tertiary/aromatic N) is 1. The Morgan fingerprint density at radius 2 is 2.05 bits per heavy atom. The summed E-state index contributed by atoms with van der Waals surface area (Å²) in [5, 5.41) is 1.05. The molecule has 1 aromatic carbocycles. The molecule has 100 valence electrons. The van der Waals surface area contributed by atoms with E-state index >= 15 is 0 Å². The molecule has 0 N–H and O–H groups in total. The van der Waals surface area contributed by atoms with Gasteiger partial charge in [0.1, 0.15) is 6.42 Å². The number of carbonyl (C=O) groups is 2. The second-order valence-electron chi connectivity index (χ2n) is 4.14. The molecule has 2 rings (SSSR count). The topological polar surface area (TPSA) is 48.3 Å². The van der Waals surface area contributed by atoms with Crippen molar-refractivity contribution in [2.45, 2.75) is 19.9 Å². The van der Waals surface area contributed by atoms with Gasteiger partial charge < -0.3 is 9.30 Å². The van der Waals surface area contributed by atoms with Crippen molar-refractivity contribution in [3.8, 4) is 0 Å². The SMILES string of the molecule is CCOC(=O)CC(=O)Cn1cc(Br)c2ccccc21. The molecular weight excluding hydrogens is 310 g/mol. The largest absolute Gasteiger partial charge is 0.466 e. The van der Waals surface area contributed by atoms with Crippen molar-refractivity contribution in [3.63, 3.8) is 0 Å². The smallest absolute Gasteiger partial charge is 0.313 e. The molecule has 1 aromatic heterocycles. The van der Waals surface area contributed by atoms with Gasteiger partial charge in [-0.3, -0.25) is 9.59 Å². The summed E-state index contributed by atoms with van der Waals surface area (Å²) in [6, 6.07) is 7.78. The Bertz CT molecular complexity index is 618. The van der Waals surface area contributed by atoms with Crippen LogP contribution in [0.15, 0.2) is 34.9 Å². The zero-order chi connectivity index (χ0) is 13.8. The number of hydrogen-bond donors (Lipinski definition) is 0. The van der Waals surface area contributed by atoms with E-state index < -0.39 is 5.97 Å². The molecule has 0 amide bonds. The van der Waals surface area contributed by atoms with E-state index in [2.05, 4.69) is 15.9 Å². The van der Waals surface area contributed by atoms with Crippen LogP contribution in [0.25, 0.3) is 10.9 Å². The first-order chi connectivity index (χ1) is 9.11. The highest BCUT2D eigenvalue weighted by atomic mass is 79.9. The number of rotatable bonds is 5. The Morgan fingerprint density at radius 3 is 2.79 bits per heavy atom. The number of ether oxygens (including phenoxy) is 1. The molecule has 0 saturated carbocycles. The van der Waals surface area contributed by atoms with Crippen molar-refractivity contribution in [2.75, 3.05) is 6.61 Å². The first-order valence-electron chi connectivity index (χ1n) is 6.02. The van der Waals surface area contributed by atoms with Crippen LogP contribution in [0.4, 0.5) is 0 Å². The Morgan fingerprint density at radius 1 is 1.32 bits per heavy atom. The molecule has 0 spiro atoms. The molecule has 0 fully saturated rings. The molecule has 0 aliphatic rings. The van der Waals surface area contributed by atoms with Gasteiger partial charge in [-0.2, -0.15) is 0 Å². The summed E-state index contributed by atoms with van der Waals surface area (Å²) in [7, 11) is 0. The standard InChI is InChI=1S/C14H14BrNO3/c1-2-19-14(18)7-10(17)8-16-9-12(15)11-5-3-4-6-13(11)16/h3-6,9H,2,7-8H2,1H3. The van der Waals surface area contributed by atoms with Crippen molar-refractivity contribution in [3.05, 3.63) is 34.9 Å². The lowest BCUT2D eigenvalue weighted by Crippen LogP contribution is -2.15. The normalized spacial score (nSPS) is 10.6. The van der Waals surface area contributed by atoms with Gasteiger partial charge in [0, 0.05) is 21.6 Å². The van der Waals surface area contributed by atoms with E-state index in [1.165, 1.54) is 0 Å². The number of aromatic nitrogens is 1. The number of fused-ring (bicyclic) bond motifs is 1. The van der Waals surface area contributed by atoms with E-state index in [1.54, 1.807) is 6.92 Å². The highest BCUT2D eigenvalue weighted by molar-refractivity contribution is 9.10. The van der Waals surface area contributed by atoms with Crippen LogP contribution < -0.4 is 0 Å². The zero-order valence-electron chi connectivity index (χ0n) is 10.6. The fraction of sp³-hybridized carbons (Fsp3) is 0.286. The third kappa shape index (κ3) is 3.23. The van der Waals surface area contributed by atoms with E-state index in [1.807, 2.05) is 35.0 Å². The van der Waals surface area contributed by atoms with Crippen LogP contribution in [0.1, 0.15) is 13.3 Å². The van der Waals surface area contributed by atoms with E-state index in [-0.39, 0.29) is 18.7 Å². The number of esters is 1. The van der Waals surface area contributed by atoms with Gasteiger partial charge in [-0.15, -0.1) is 0 Å². The van der Waals surface area contributed by atoms with Gasteiger partial charge in [-0.25, -0.2) is 0 Å². The highest BCUT2D eigenvalue weighted by Gasteiger charge is 2.13. The summed E-state index contributed by atoms with van der Waals surface area (Å²) in [6.45, 7) is 2.19. The first-order valence-corrected chi connectivity index (χ1v) is 6.81. The van der Waals surface area contributed by atoms with Crippen LogP contribution in [-0.2, 0) is 20.9 Å². The molecule has 0 atom stereocenters. The van der Waals surface area contributed by atoms with Crippen LogP contribution >= 0.6 is 15.9 Å². The fourth-order valence-electron chi connectivity index (χ4n) is 1.95. The number of ketones is 1. The predicted octanol–water partition coefficient (Wildman–Crippen LogP) is 2.93. The van der Waals surface area contributed by atoms with Gasteiger partial charge in [0.15, 0.2) is 5.78 Å². The van der Waals surface area contributed by atoms with Gasteiger partial charge >= 0.3 is 5.97 Å². The lowest BCUT2D eigenvalue weighted by atomic mass is 10.2. The van der Waals surface area contributed by atoms with Crippen LogP contribution in [-0.4, -0.2) is 22.9 Å². The maximum atomic E-state index is 11.8. The summed E-state index contributed by atoms with van der Waals surface area (Å²) in [6.07, 6.45) is 1.67.